The van der Waals surface area contributed by atoms with E-state index >= 15 is 0 Å². The van der Waals surface area contributed by atoms with Gasteiger partial charge in [0.15, 0.2) is 0 Å². The topological polar surface area (TPSA) is 26.3 Å². The van der Waals surface area contributed by atoms with Crippen molar-refractivity contribution in [1.29, 1.82) is 0 Å². The molecule has 82 valence electrons. The maximum atomic E-state index is 10.7. The van der Waals surface area contributed by atoms with Gasteiger partial charge in [-0.25, -0.2) is 0 Å². The summed E-state index contributed by atoms with van der Waals surface area (Å²) in [7, 11) is 0. The van der Waals surface area contributed by atoms with Gasteiger partial charge in [-0.3, -0.25) is 4.79 Å². The van der Waals surface area contributed by atoms with E-state index in [9.17, 15) is 4.79 Å². The Morgan fingerprint density at radius 2 is 1.93 bits per heavy atom. The Labute approximate surface area is 95.2 Å². The van der Waals surface area contributed by atoms with E-state index in [1.165, 1.54) is 0 Å². The van der Waals surface area contributed by atoms with Crippen molar-refractivity contribution in [2.75, 3.05) is 0 Å². The van der Waals surface area contributed by atoms with Gasteiger partial charge in [0.25, 0.3) is 0 Å². The molecule has 0 N–H and O–H groups in total. The highest BCUT2D eigenvalue weighted by Gasteiger charge is 2.20. The fourth-order valence-electron chi connectivity index (χ4n) is 1.26. The van der Waals surface area contributed by atoms with Crippen molar-refractivity contribution in [2.24, 2.45) is 0 Å². The van der Waals surface area contributed by atoms with E-state index in [-0.39, 0.29) is 10.8 Å². The standard InChI is InChI=1S/C12H15ClO2/c1-12(2,9-8-11(13)14)15-10-6-4-3-5-7-10/h3-7H,8-9H2,1-2H3. The highest BCUT2D eigenvalue weighted by Crippen LogP contribution is 2.22. The third kappa shape index (κ3) is 4.84. The van der Waals surface area contributed by atoms with E-state index in [1.807, 2.05) is 44.2 Å². The molecule has 0 aromatic heterocycles. The van der Waals surface area contributed by atoms with Gasteiger partial charge in [0.1, 0.15) is 11.4 Å². The Balaban J connectivity index is 2.52. The van der Waals surface area contributed by atoms with Gasteiger partial charge < -0.3 is 4.74 Å². The van der Waals surface area contributed by atoms with Gasteiger partial charge in [-0.2, -0.15) is 0 Å². The van der Waals surface area contributed by atoms with Crippen molar-refractivity contribution < 1.29 is 9.53 Å². The summed E-state index contributed by atoms with van der Waals surface area (Å²) in [6.07, 6.45) is 0.950. The van der Waals surface area contributed by atoms with Gasteiger partial charge in [0.2, 0.25) is 5.24 Å². The van der Waals surface area contributed by atoms with Crippen LogP contribution in [0.1, 0.15) is 26.7 Å². The van der Waals surface area contributed by atoms with Gasteiger partial charge in [0, 0.05) is 6.42 Å². The maximum absolute atomic E-state index is 10.7. The molecule has 15 heavy (non-hydrogen) atoms. The molecule has 0 aliphatic rings. The monoisotopic (exact) mass is 226 g/mol. The Hall–Kier alpha value is -1.02. The Bertz CT molecular complexity index is 320. The van der Waals surface area contributed by atoms with Crippen molar-refractivity contribution in [2.45, 2.75) is 32.3 Å². The summed E-state index contributed by atoms with van der Waals surface area (Å²) >= 11 is 5.29. The number of hydrogen-bond acceptors (Lipinski definition) is 2. The van der Waals surface area contributed by atoms with Gasteiger partial charge in [0.05, 0.1) is 0 Å². The highest BCUT2D eigenvalue weighted by atomic mass is 35.5. The molecule has 3 heteroatoms. The van der Waals surface area contributed by atoms with Crippen LogP contribution in [-0.4, -0.2) is 10.8 Å². The van der Waals surface area contributed by atoms with Crippen LogP contribution in [0.3, 0.4) is 0 Å². The van der Waals surface area contributed by atoms with Crippen LogP contribution in [0, 0.1) is 0 Å². The van der Waals surface area contributed by atoms with Crippen LogP contribution >= 0.6 is 11.6 Å². The zero-order chi connectivity index (χ0) is 11.3. The molecule has 0 spiro atoms. The summed E-state index contributed by atoms with van der Waals surface area (Å²) in [5.41, 5.74) is -0.369. The average molecular weight is 227 g/mol. The largest absolute Gasteiger partial charge is 0.488 e. The molecule has 0 fully saturated rings. The van der Waals surface area contributed by atoms with Gasteiger partial charge in [-0.15, -0.1) is 0 Å². The van der Waals surface area contributed by atoms with E-state index in [1.54, 1.807) is 0 Å². The second kappa shape index (κ2) is 5.17. The summed E-state index contributed by atoms with van der Waals surface area (Å²) in [4.78, 5) is 10.7. The van der Waals surface area contributed by atoms with Crippen LogP contribution in [-0.2, 0) is 4.79 Å². The van der Waals surface area contributed by atoms with Crippen molar-refractivity contribution in [1.82, 2.24) is 0 Å². The minimum atomic E-state index is -0.369. The number of rotatable bonds is 5. The van der Waals surface area contributed by atoms with Crippen LogP contribution < -0.4 is 4.74 Å². The number of ether oxygens (including phenoxy) is 1. The lowest BCUT2D eigenvalue weighted by molar-refractivity contribution is -0.112. The summed E-state index contributed by atoms with van der Waals surface area (Å²) in [6, 6.07) is 9.55. The molecule has 0 aliphatic heterocycles. The van der Waals surface area contributed by atoms with Gasteiger partial charge >= 0.3 is 0 Å². The number of para-hydroxylation sites is 1. The number of benzene rings is 1. The van der Waals surface area contributed by atoms with Crippen molar-refractivity contribution in [3.8, 4) is 5.75 Å². The summed E-state index contributed by atoms with van der Waals surface area (Å²) in [5, 5.41) is -0.320. The first-order valence-electron chi connectivity index (χ1n) is 4.92. The normalized spacial score (nSPS) is 11.1. The van der Waals surface area contributed by atoms with E-state index in [4.69, 9.17) is 16.3 Å². The van der Waals surface area contributed by atoms with E-state index < -0.39 is 0 Å². The van der Waals surface area contributed by atoms with Crippen molar-refractivity contribution in [3.05, 3.63) is 30.3 Å². The van der Waals surface area contributed by atoms with Crippen LogP contribution in [0.2, 0.25) is 0 Å². The predicted molar refractivity (Wildman–Crippen MR) is 61.2 cm³/mol. The predicted octanol–water partition coefficient (Wildman–Crippen LogP) is 3.39. The molecule has 2 nitrogen and oxygen atoms in total. The maximum Gasteiger partial charge on any atom is 0.221 e. The van der Waals surface area contributed by atoms with Crippen molar-refractivity contribution in [3.63, 3.8) is 0 Å². The number of carbonyl (C=O) groups is 1. The zero-order valence-corrected chi connectivity index (χ0v) is 9.75. The SMILES string of the molecule is CC(C)(CCC(=O)Cl)Oc1ccccc1. The Morgan fingerprint density at radius 1 is 1.33 bits per heavy atom. The van der Waals surface area contributed by atoms with Gasteiger partial charge in [-0.05, 0) is 44.0 Å². The first kappa shape index (κ1) is 12.1. The fourth-order valence-corrected chi connectivity index (χ4v) is 1.35. The summed E-state index contributed by atoms with van der Waals surface area (Å²) in [6.45, 7) is 3.89. The Morgan fingerprint density at radius 3 is 2.47 bits per heavy atom. The molecular formula is C12H15ClO2. The molecule has 0 amide bonds. The molecule has 0 saturated carbocycles. The van der Waals surface area contributed by atoms with E-state index in [2.05, 4.69) is 0 Å². The molecule has 0 unspecified atom stereocenters. The smallest absolute Gasteiger partial charge is 0.221 e. The quantitative estimate of drug-likeness (QED) is 0.720. The molecular weight excluding hydrogens is 212 g/mol. The Kier molecular flexibility index (Phi) is 4.15. The van der Waals surface area contributed by atoms with E-state index in [0.29, 0.717) is 12.8 Å². The molecule has 1 aromatic carbocycles. The minimum absolute atomic E-state index is 0.320. The number of halogens is 1. The third-order valence-electron chi connectivity index (χ3n) is 2.06. The lowest BCUT2D eigenvalue weighted by Gasteiger charge is -2.25. The molecule has 0 bridgehead atoms. The van der Waals surface area contributed by atoms with Crippen molar-refractivity contribution >= 4 is 16.8 Å². The third-order valence-corrected chi connectivity index (χ3v) is 2.25. The lowest BCUT2D eigenvalue weighted by Crippen LogP contribution is -2.28. The second-order valence-electron chi connectivity index (χ2n) is 4.03. The minimum Gasteiger partial charge on any atom is -0.488 e. The zero-order valence-electron chi connectivity index (χ0n) is 9.00. The van der Waals surface area contributed by atoms with Crippen LogP contribution in [0.15, 0.2) is 30.3 Å². The van der Waals surface area contributed by atoms with Gasteiger partial charge in [-0.1, -0.05) is 18.2 Å². The van der Waals surface area contributed by atoms with Crippen LogP contribution in [0.5, 0.6) is 5.75 Å². The first-order valence-corrected chi connectivity index (χ1v) is 5.30. The molecule has 0 saturated heterocycles. The average Bonchev–Trinajstić information content (AvgIpc) is 2.16. The first-order chi connectivity index (χ1) is 6.99. The van der Waals surface area contributed by atoms with E-state index in [0.717, 1.165) is 5.75 Å². The molecule has 1 aromatic rings. The molecule has 1 rings (SSSR count). The van der Waals surface area contributed by atoms with Crippen LogP contribution in [0.4, 0.5) is 0 Å². The number of hydrogen-bond donors (Lipinski definition) is 0. The molecule has 0 radical (unpaired) electrons. The lowest BCUT2D eigenvalue weighted by atomic mass is 10.0. The molecule has 0 atom stereocenters. The highest BCUT2D eigenvalue weighted by molar-refractivity contribution is 6.63. The van der Waals surface area contributed by atoms with Crippen LogP contribution in [0.25, 0.3) is 0 Å². The summed E-state index contributed by atoms with van der Waals surface area (Å²) in [5.74, 6) is 0.810. The second-order valence-corrected chi connectivity index (χ2v) is 4.45. The molecule has 0 heterocycles. The number of carbonyl (C=O) groups excluding carboxylic acids is 1. The fraction of sp³-hybridized carbons (Fsp3) is 0.417. The summed E-state index contributed by atoms with van der Waals surface area (Å²) < 4.78 is 5.74. The molecule has 0 aliphatic carbocycles.